The fraction of sp³-hybridized carbons (Fsp3) is 0.375. The van der Waals surface area contributed by atoms with Gasteiger partial charge in [-0.2, -0.15) is 0 Å². The van der Waals surface area contributed by atoms with E-state index >= 15 is 0 Å². The zero-order valence-corrected chi connectivity index (χ0v) is 13.3. The molecule has 2 atom stereocenters. The maximum atomic E-state index is 12.6. The third kappa shape index (κ3) is 2.39. The van der Waals surface area contributed by atoms with Crippen molar-refractivity contribution in [1.82, 2.24) is 0 Å². The molecule has 110 valence electrons. The van der Waals surface area contributed by atoms with Crippen molar-refractivity contribution in [3.05, 3.63) is 39.4 Å². The maximum absolute atomic E-state index is 12.6. The summed E-state index contributed by atoms with van der Waals surface area (Å²) in [7, 11) is 0. The molecule has 1 heterocycles. The molecule has 1 aromatic carbocycles. The van der Waals surface area contributed by atoms with E-state index in [-0.39, 0.29) is 23.7 Å². The molecule has 0 bridgehead atoms. The van der Waals surface area contributed by atoms with Crippen LogP contribution in [-0.2, 0) is 9.59 Å². The van der Waals surface area contributed by atoms with Crippen molar-refractivity contribution >= 4 is 40.7 Å². The molecule has 1 aliphatic heterocycles. The van der Waals surface area contributed by atoms with Crippen LogP contribution < -0.4 is 4.90 Å². The fourth-order valence-electron chi connectivity index (χ4n) is 3.17. The first-order valence-corrected chi connectivity index (χ1v) is 7.63. The number of allylic oxidation sites excluding steroid dienone is 2. The third-order valence-electron chi connectivity index (χ3n) is 4.45. The van der Waals surface area contributed by atoms with Crippen LogP contribution in [0.3, 0.4) is 0 Å². The van der Waals surface area contributed by atoms with E-state index in [1.54, 1.807) is 18.2 Å². The molecule has 2 aliphatic rings. The summed E-state index contributed by atoms with van der Waals surface area (Å²) in [5.41, 5.74) is 2.89. The molecule has 0 radical (unpaired) electrons. The van der Waals surface area contributed by atoms with Gasteiger partial charge >= 0.3 is 0 Å². The van der Waals surface area contributed by atoms with E-state index in [0.717, 1.165) is 0 Å². The van der Waals surface area contributed by atoms with E-state index in [0.29, 0.717) is 28.6 Å². The normalized spacial score (nSPS) is 25.6. The van der Waals surface area contributed by atoms with Gasteiger partial charge in [0.2, 0.25) is 11.8 Å². The average Bonchev–Trinajstić information content (AvgIpc) is 2.62. The highest BCUT2D eigenvalue weighted by Gasteiger charge is 2.49. The summed E-state index contributed by atoms with van der Waals surface area (Å²) in [6, 6.07) is 4.79. The molecule has 0 N–H and O–H groups in total. The number of imide groups is 1. The molecular formula is C16H15Cl2NO2. The molecule has 3 rings (SSSR count). The minimum absolute atomic E-state index is 0.143. The lowest BCUT2D eigenvalue weighted by Crippen LogP contribution is -2.30. The standard InChI is InChI=1S/C16H15Cl2NO2/c1-8-3-13-14(4-9(8)2)16(21)19(15(13)20)12-6-10(17)5-11(18)7-12/h5-7,13-14H,3-4H2,1-2H3/t13-,14+. The van der Waals surface area contributed by atoms with Crippen LogP contribution in [0, 0.1) is 11.8 Å². The molecule has 2 amide bonds. The van der Waals surface area contributed by atoms with Crippen LogP contribution in [0.5, 0.6) is 0 Å². The lowest BCUT2D eigenvalue weighted by Gasteiger charge is -2.23. The number of fused-ring (bicyclic) bond motifs is 1. The maximum Gasteiger partial charge on any atom is 0.238 e. The van der Waals surface area contributed by atoms with Gasteiger partial charge in [0.25, 0.3) is 0 Å². The molecule has 1 aromatic rings. The van der Waals surface area contributed by atoms with Crippen molar-refractivity contribution in [3.63, 3.8) is 0 Å². The van der Waals surface area contributed by atoms with E-state index in [9.17, 15) is 9.59 Å². The number of halogens is 2. The summed E-state index contributed by atoms with van der Waals surface area (Å²) in [6.45, 7) is 4.06. The number of anilines is 1. The summed E-state index contributed by atoms with van der Waals surface area (Å²) in [5.74, 6) is -0.789. The minimum Gasteiger partial charge on any atom is -0.274 e. The van der Waals surface area contributed by atoms with Crippen molar-refractivity contribution < 1.29 is 9.59 Å². The molecule has 3 nitrogen and oxygen atoms in total. The molecule has 1 saturated heterocycles. The van der Waals surface area contributed by atoms with E-state index < -0.39 is 0 Å². The number of carbonyl (C=O) groups is 2. The Labute approximate surface area is 133 Å². The minimum atomic E-state index is -0.251. The van der Waals surface area contributed by atoms with Gasteiger partial charge in [0.15, 0.2) is 0 Å². The molecule has 0 spiro atoms. The predicted molar refractivity (Wildman–Crippen MR) is 83.5 cm³/mol. The highest BCUT2D eigenvalue weighted by molar-refractivity contribution is 6.35. The first-order valence-electron chi connectivity index (χ1n) is 6.87. The summed E-state index contributed by atoms with van der Waals surface area (Å²) in [4.78, 5) is 26.5. The summed E-state index contributed by atoms with van der Waals surface area (Å²) < 4.78 is 0. The van der Waals surface area contributed by atoms with Crippen LogP contribution in [0.1, 0.15) is 26.7 Å². The Morgan fingerprint density at radius 2 is 1.33 bits per heavy atom. The largest absolute Gasteiger partial charge is 0.274 e. The van der Waals surface area contributed by atoms with Crippen LogP contribution in [0.4, 0.5) is 5.69 Å². The first-order chi connectivity index (χ1) is 9.88. The predicted octanol–water partition coefficient (Wildman–Crippen LogP) is 4.23. The van der Waals surface area contributed by atoms with Gasteiger partial charge in [-0.15, -0.1) is 0 Å². The zero-order chi connectivity index (χ0) is 15.3. The molecule has 0 saturated carbocycles. The quantitative estimate of drug-likeness (QED) is 0.573. The molecule has 0 aromatic heterocycles. The second kappa shape index (κ2) is 5.15. The Morgan fingerprint density at radius 3 is 1.76 bits per heavy atom. The topological polar surface area (TPSA) is 37.4 Å². The van der Waals surface area contributed by atoms with Gasteiger partial charge in [0, 0.05) is 10.0 Å². The van der Waals surface area contributed by atoms with Gasteiger partial charge in [-0.25, -0.2) is 4.90 Å². The van der Waals surface area contributed by atoms with Crippen LogP contribution in [0.2, 0.25) is 10.0 Å². The van der Waals surface area contributed by atoms with Gasteiger partial charge in [-0.05, 0) is 44.9 Å². The van der Waals surface area contributed by atoms with Gasteiger partial charge in [0.05, 0.1) is 17.5 Å². The second-order valence-electron chi connectivity index (χ2n) is 5.82. The molecule has 1 fully saturated rings. The summed E-state index contributed by atoms with van der Waals surface area (Å²) in [5, 5.41) is 0.830. The average molecular weight is 324 g/mol. The van der Waals surface area contributed by atoms with E-state index in [4.69, 9.17) is 23.2 Å². The SMILES string of the molecule is CC1=C(C)C[C@H]2C(=O)N(c3cc(Cl)cc(Cl)c3)C(=O)[C@H]2C1. The van der Waals surface area contributed by atoms with Crippen molar-refractivity contribution in [3.8, 4) is 0 Å². The van der Waals surface area contributed by atoms with Crippen molar-refractivity contribution in [2.45, 2.75) is 26.7 Å². The van der Waals surface area contributed by atoms with Crippen molar-refractivity contribution in [2.24, 2.45) is 11.8 Å². The Morgan fingerprint density at radius 1 is 0.905 bits per heavy atom. The van der Waals surface area contributed by atoms with Crippen LogP contribution in [-0.4, -0.2) is 11.8 Å². The second-order valence-corrected chi connectivity index (χ2v) is 6.69. The smallest absolute Gasteiger partial charge is 0.238 e. The third-order valence-corrected chi connectivity index (χ3v) is 4.88. The first kappa shape index (κ1) is 14.6. The Kier molecular flexibility index (Phi) is 3.58. The summed E-state index contributed by atoms with van der Waals surface area (Å²) in [6.07, 6.45) is 1.32. The lowest BCUT2D eigenvalue weighted by atomic mass is 9.78. The monoisotopic (exact) mass is 323 g/mol. The van der Waals surface area contributed by atoms with Gasteiger partial charge in [-0.3, -0.25) is 9.59 Å². The number of benzene rings is 1. The molecular weight excluding hydrogens is 309 g/mol. The Balaban J connectivity index is 2.00. The van der Waals surface area contributed by atoms with Gasteiger partial charge in [0.1, 0.15) is 0 Å². The number of hydrogen-bond acceptors (Lipinski definition) is 2. The molecule has 1 aliphatic carbocycles. The highest BCUT2D eigenvalue weighted by atomic mass is 35.5. The van der Waals surface area contributed by atoms with Crippen LogP contribution in [0.25, 0.3) is 0 Å². The van der Waals surface area contributed by atoms with Gasteiger partial charge in [-0.1, -0.05) is 34.3 Å². The number of amides is 2. The summed E-state index contributed by atoms with van der Waals surface area (Å²) >= 11 is 12.0. The molecule has 5 heteroatoms. The zero-order valence-electron chi connectivity index (χ0n) is 11.8. The number of hydrogen-bond donors (Lipinski definition) is 0. The van der Waals surface area contributed by atoms with Crippen molar-refractivity contribution in [1.29, 1.82) is 0 Å². The van der Waals surface area contributed by atoms with E-state index in [1.165, 1.54) is 16.0 Å². The highest BCUT2D eigenvalue weighted by Crippen LogP contribution is 2.42. The molecule has 21 heavy (non-hydrogen) atoms. The van der Waals surface area contributed by atoms with Crippen LogP contribution in [0.15, 0.2) is 29.3 Å². The fourth-order valence-corrected chi connectivity index (χ4v) is 3.69. The number of nitrogens with zero attached hydrogens (tertiary/aromatic N) is 1. The Hall–Kier alpha value is -1.32. The Bertz CT molecular complexity index is 629. The lowest BCUT2D eigenvalue weighted by molar-refractivity contribution is -0.122. The number of rotatable bonds is 1. The van der Waals surface area contributed by atoms with Crippen LogP contribution >= 0.6 is 23.2 Å². The van der Waals surface area contributed by atoms with Gasteiger partial charge < -0.3 is 0 Å². The van der Waals surface area contributed by atoms with E-state index in [1.807, 2.05) is 13.8 Å². The van der Waals surface area contributed by atoms with Crippen molar-refractivity contribution in [2.75, 3.05) is 4.90 Å². The molecule has 0 unspecified atom stereocenters. The number of carbonyl (C=O) groups excluding carboxylic acids is 2. The van der Waals surface area contributed by atoms with E-state index in [2.05, 4.69) is 0 Å².